The molecule has 1 aliphatic heterocycles. The van der Waals surface area contributed by atoms with Gasteiger partial charge in [0.05, 0.1) is 0 Å². The monoisotopic (exact) mass is 627 g/mol. The summed E-state index contributed by atoms with van der Waals surface area (Å²) in [5, 5.41) is 0. The second-order valence-electron chi connectivity index (χ2n) is 9.05. The highest BCUT2D eigenvalue weighted by atomic mass is 31.3. The van der Waals surface area contributed by atoms with Crippen LogP contribution in [-0.2, 0) is 0 Å². The highest BCUT2D eigenvalue weighted by Crippen LogP contribution is 2.73. The molecule has 0 spiro atoms. The van der Waals surface area contributed by atoms with Gasteiger partial charge in [0.2, 0.25) is 0 Å². The van der Waals surface area contributed by atoms with Gasteiger partial charge in [0.25, 0.3) is 8.09 Å². The molecular weight excluding hydrogens is 599 g/mol. The van der Waals surface area contributed by atoms with Crippen LogP contribution in [0.1, 0.15) is 5.56 Å². The van der Waals surface area contributed by atoms with Gasteiger partial charge in [0, 0.05) is 0 Å². The normalized spacial score (nSPS) is 18.5. The first-order chi connectivity index (χ1) is 21.1. The fourth-order valence-corrected chi connectivity index (χ4v) is 11.9. The first-order valence-corrected chi connectivity index (χ1v) is 17.7. The van der Waals surface area contributed by atoms with Crippen molar-refractivity contribution in [1.82, 2.24) is 0 Å². The molecule has 0 amide bonds. The lowest BCUT2D eigenvalue weighted by Gasteiger charge is -2.29. The molecule has 11 heteroatoms. The molecule has 0 saturated heterocycles. The Hall–Kier alpha value is -4.47. The fourth-order valence-electron chi connectivity index (χ4n) is 3.90. The van der Waals surface area contributed by atoms with Crippen LogP contribution < -0.4 is 22.6 Å². The van der Waals surface area contributed by atoms with E-state index in [0.29, 0.717) is 28.7 Å². The molecule has 0 N–H and O–H groups in total. The smallest absolute Gasteiger partial charge is 0.443 e. The zero-order valence-corrected chi connectivity index (χ0v) is 25.7. The van der Waals surface area contributed by atoms with Gasteiger partial charge in [-0.3, -0.25) is 0 Å². The highest BCUT2D eigenvalue weighted by Gasteiger charge is 2.41. The summed E-state index contributed by atoms with van der Waals surface area (Å²) in [6.07, 6.45) is 1.76. The first kappa shape index (κ1) is 28.6. The lowest BCUT2D eigenvalue weighted by atomic mass is 10.2. The van der Waals surface area contributed by atoms with Gasteiger partial charge in [-0.15, -0.1) is 9.03 Å². The van der Waals surface area contributed by atoms with Crippen LogP contribution in [0.3, 0.4) is 0 Å². The Morgan fingerprint density at radius 3 is 1.33 bits per heavy atom. The van der Waals surface area contributed by atoms with Crippen LogP contribution in [0.25, 0.3) is 6.08 Å². The lowest BCUT2D eigenvalue weighted by Crippen LogP contribution is -2.06. The van der Waals surface area contributed by atoms with E-state index in [0.717, 1.165) is 5.56 Å². The number of benzene rings is 5. The fraction of sp³-hybridized carbons (Fsp3) is 0. The highest BCUT2D eigenvalue weighted by molar-refractivity contribution is 7.75. The lowest BCUT2D eigenvalue weighted by molar-refractivity contribution is 0.458. The van der Waals surface area contributed by atoms with Crippen molar-refractivity contribution in [1.29, 1.82) is 0 Å². The number of rotatable bonds is 11. The van der Waals surface area contributed by atoms with Gasteiger partial charge in [-0.25, -0.2) is 0 Å². The van der Waals surface area contributed by atoms with E-state index in [9.17, 15) is 0 Å². The number of para-hydroxylation sites is 4. The van der Waals surface area contributed by atoms with Gasteiger partial charge in [-0.05, 0) is 66.2 Å². The quantitative estimate of drug-likeness (QED) is 0.136. The molecule has 5 aromatic rings. The van der Waals surface area contributed by atoms with Crippen LogP contribution in [0.4, 0.5) is 0 Å². The third-order valence-corrected chi connectivity index (χ3v) is 13.3. The van der Waals surface area contributed by atoms with Gasteiger partial charge in [0.1, 0.15) is 28.7 Å². The Morgan fingerprint density at radius 2 is 0.884 bits per heavy atom. The van der Waals surface area contributed by atoms with Crippen LogP contribution in [0.15, 0.2) is 166 Å². The van der Waals surface area contributed by atoms with Gasteiger partial charge in [-0.1, -0.05) is 102 Å². The molecule has 2 atom stereocenters. The van der Waals surface area contributed by atoms with Gasteiger partial charge < -0.3 is 22.6 Å². The maximum Gasteiger partial charge on any atom is 0.457 e. The van der Waals surface area contributed by atoms with E-state index in [1.165, 1.54) is 0 Å². The molecule has 0 radical (unpaired) electrons. The average molecular weight is 628 g/mol. The molecule has 0 bridgehead atoms. The standard InChI is InChI=1S/C32H28N3O5P3/c1-2-27-23-25-32(26-24-27)40-43(39-31-21-13-6-14-22-31)34-41(36-28-15-7-3-8-16-28)33-42(35-43,37-29-17-9-4-10-18-29)38-30-19-11-5-12-20-30/h2-26,41H,1H2. The first-order valence-electron chi connectivity index (χ1n) is 13.4. The average Bonchev–Trinajstić information content (AvgIpc) is 3.03. The third-order valence-electron chi connectivity index (χ3n) is 5.84. The SMILES string of the molecule is C=Cc1ccc(OP2(Oc3ccccc3)=N[PH](Oc3ccccc3)=NP(Oc3ccccc3)(Oc3ccccc3)=N2)cc1. The maximum atomic E-state index is 6.62. The molecule has 6 rings (SSSR count). The van der Waals surface area contributed by atoms with E-state index < -0.39 is 23.4 Å². The van der Waals surface area contributed by atoms with Gasteiger partial charge >= 0.3 is 15.3 Å². The maximum absolute atomic E-state index is 6.62. The molecule has 2 unspecified atom stereocenters. The summed E-state index contributed by atoms with van der Waals surface area (Å²) in [4.78, 5) is 0. The van der Waals surface area contributed by atoms with Crippen LogP contribution in [0, 0.1) is 0 Å². The topological polar surface area (TPSA) is 83.2 Å². The molecule has 1 aliphatic rings. The van der Waals surface area contributed by atoms with Crippen molar-refractivity contribution in [3.8, 4) is 28.7 Å². The van der Waals surface area contributed by atoms with Crippen LogP contribution in [0.5, 0.6) is 28.7 Å². The minimum atomic E-state index is -3.60. The van der Waals surface area contributed by atoms with Crippen molar-refractivity contribution in [3.05, 3.63) is 158 Å². The minimum Gasteiger partial charge on any atom is -0.443 e. The minimum absolute atomic E-state index is 0.503. The van der Waals surface area contributed by atoms with Crippen molar-refractivity contribution >= 4 is 29.5 Å². The third kappa shape index (κ3) is 7.49. The van der Waals surface area contributed by atoms with Gasteiger partial charge in [-0.2, -0.15) is 0 Å². The summed E-state index contributed by atoms with van der Waals surface area (Å²) >= 11 is 0. The molecule has 0 fully saturated rings. The predicted molar refractivity (Wildman–Crippen MR) is 175 cm³/mol. The molecule has 8 nitrogen and oxygen atoms in total. The number of nitrogens with zero attached hydrogens (tertiary/aromatic N) is 3. The molecule has 0 saturated carbocycles. The molecule has 43 heavy (non-hydrogen) atoms. The van der Waals surface area contributed by atoms with E-state index in [4.69, 9.17) is 36.2 Å². The summed E-state index contributed by atoms with van der Waals surface area (Å²) in [7, 11) is -9.64. The molecule has 5 aromatic carbocycles. The molecule has 0 aromatic heterocycles. The van der Waals surface area contributed by atoms with Crippen molar-refractivity contribution in [2.24, 2.45) is 13.5 Å². The van der Waals surface area contributed by atoms with Crippen molar-refractivity contribution in [2.45, 2.75) is 0 Å². The zero-order chi connectivity index (χ0) is 29.4. The number of hydrogen-bond acceptors (Lipinski definition) is 8. The van der Waals surface area contributed by atoms with E-state index in [1.54, 1.807) is 6.08 Å². The summed E-state index contributed by atoms with van der Waals surface area (Å²) in [5.41, 5.74) is 0.940. The van der Waals surface area contributed by atoms with Crippen molar-refractivity contribution in [2.75, 3.05) is 0 Å². The van der Waals surface area contributed by atoms with Crippen LogP contribution in [-0.4, -0.2) is 0 Å². The molecule has 1 heterocycles. The van der Waals surface area contributed by atoms with Gasteiger partial charge in [0.15, 0.2) is 0 Å². The zero-order valence-electron chi connectivity index (χ0n) is 22.9. The van der Waals surface area contributed by atoms with E-state index in [-0.39, 0.29) is 0 Å². The summed E-state index contributed by atoms with van der Waals surface area (Å²) in [6, 6.07) is 44.7. The molecular formula is C32H28N3O5P3. The Bertz CT molecular complexity index is 1780. The predicted octanol–water partition coefficient (Wildman–Crippen LogP) is 11.2. The van der Waals surface area contributed by atoms with E-state index in [1.807, 2.05) is 146 Å². The Labute approximate surface area is 251 Å². The summed E-state index contributed by atoms with van der Waals surface area (Å²) in [6.45, 7) is 3.85. The van der Waals surface area contributed by atoms with E-state index >= 15 is 0 Å². The largest absolute Gasteiger partial charge is 0.457 e. The summed E-state index contributed by atoms with van der Waals surface area (Å²) in [5.74, 6) is 2.66. The second-order valence-corrected chi connectivity index (χ2v) is 14.8. The summed E-state index contributed by atoms with van der Waals surface area (Å²) < 4.78 is 47.8. The Morgan fingerprint density at radius 1 is 0.488 bits per heavy atom. The van der Waals surface area contributed by atoms with Crippen molar-refractivity contribution in [3.63, 3.8) is 0 Å². The Balaban J connectivity index is 1.57. The van der Waals surface area contributed by atoms with Crippen LogP contribution in [0.2, 0.25) is 0 Å². The Kier molecular flexibility index (Phi) is 8.81. The molecule has 216 valence electrons. The number of hydrogen-bond donors (Lipinski definition) is 0. The van der Waals surface area contributed by atoms with Crippen molar-refractivity contribution < 1.29 is 22.6 Å². The van der Waals surface area contributed by atoms with Crippen LogP contribution >= 0.6 is 23.4 Å². The molecule has 0 aliphatic carbocycles. The van der Waals surface area contributed by atoms with E-state index in [2.05, 4.69) is 6.58 Å². The second kappa shape index (κ2) is 13.2.